The molecule has 0 amide bonds. The second-order valence-electron chi connectivity index (χ2n) is 6.00. The molecule has 25 heavy (non-hydrogen) atoms. The van der Waals surface area contributed by atoms with Crippen molar-refractivity contribution in [1.29, 1.82) is 0 Å². The Bertz CT molecular complexity index is 761. The zero-order valence-corrected chi connectivity index (χ0v) is 14.0. The fourth-order valence-electron chi connectivity index (χ4n) is 3.08. The minimum atomic E-state index is -0.379. The van der Waals surface area contributed by atoms with Gasteiger partial charge in [0, 0.05) is 56.1 Å². The summed E-state index contributed by atoms with van der Waals surface area (Å²) in [7, 11) is 1.58. The average molecular weight is 345 g/mol. The van der Waals surface area contributed by atoms with Crippen molar-refractivity contribution in [2.24, 2.45) is 0 Å². The molecular weight excluding hydrogens is 325 g/mol. The maximum atomic E-state index is 13.5. The third-order valence-corrected chi connectivity index (χ3v) is 4.41. The minimum absolute atomic E-state index is 0.101. The Morgan fingerprint density at radius 3 is 2.60 bits per heavy atom. The molecule has 0 N–H and O–H groups in total. The third kappa shape index (κ3) is 4.06. The van der Waals surface area contributed by atoms with Crippen molar-refractivity contribution in [3.63, 3.8) is 0 Å². The zero-order valence-electron chi connectivity index (χ0n) is 14.0. The van der Waals surface area contributed by atoms with Crippen molar-refractivity contribution in [2.45, 2.75) is 6.54 Å². The molecule has 2 aromatic carbocycles. The van der Waals surface area contributed by atoms with E-state index in [0.717, 1.165) is 37.4 Å². The molecule has 2 aromatic rings. The largest absolute Gasteiger partial charge is 0.496 e. The van der Waals surface area contributed by atoms with E-state index < -0.39 is 0 Å². The first-order valence-corrected chi connectivity index (χ1v) is 8.11. The number of methoxy groups -OCH3 is 1. The Morgan fingerprint density at radius 2 is 1.92 bits per heavy atom. The number of nitro groups is 1. The molecular formula is C18H20FN3O3. The van der Waals surface area contributed by atoms with Gasteiger partial charge in [-0.25, -0.2) is 4.39 Å². The molecule has 3 rings (SSSR count). The topological polar surface area (TPSA) is 58.8 Å². The predicted molar refractivity (Wildman–Crippen MR) is 93.5 cm³/mol. The summed E-state index contributed by atoms with van der Waals surface area (Å²) in [6, 6.07) is 11.2. The maximum absolute atomic E-state index is 13.5. The first-order chi connectivity index (χ1) is 12.1. The van der Waals surface area contributed by atoms with Crippen LogP contribution in [0.25, 0.3) is 0 Å². The number of hydrogen-bond donors (Lipinski definition) is 0. The molecule has 0 aromatic heterocycles. The van der Waals surface area contributed by atoms with Crippen LogP contribution in [-0.2, 0) is 6.54 Å². The number of non-ortho nitro benzene ring substituents is 1. The molecule has 132 valence electrons. The van der Waals surface area contributed by atoms with E-state index in [-0.39, 0.29) is 16.4 Å². The molecule has 0 unspecified atom stereocenters. The number of halogens is 1. The lowest BCUT2D eigenvalue weighted by Gasteiger charge is -2.36. The molecule has 0 spiro atoms. The van der Waals surface area contributed by atoms with Crippen LogP contribution in [0.2, 0.25) is 0 Å². The minimum Gasteiger partial charge on any atom is -0.496 e. The molecule has 6 nitrogen and oxygen atoms in total. The highest BCUT2D eigenvalue weighted by Gasteiger charge is 2.20. The van der Waals surface area contributed by atoms with E-state index in [9.17, 15) is 14.5 Å². The normalized spacial score (nSPS) is 15.2. The first kappa shape index (κ1) is 17.2. The van der Waals surface area contributed by atoms with Crippen molar-refractivity contribution in [3.05, 3.63) is 64.0 Å². The van der Waals surface area contributed by atoms with Crippen molar-refractivity contribution in [2.75, 3.05) is 38.2 Å². The van der Waals surface area contributed by atoms with Gasteiger partial charge in [0.25, 0.3) is 5.69 Å². The number of anilines is 1. The smallest absolute Gasteiger partial charge is 0.271 e. The summed E-state index contributed by atoms with van der Waals surface area (Å²) in [6.45, 7) is 3.73. The van der Waals surface area contributed by atoms with Gasteiger partial charge in [-0.15, -0.1) is 0 Å². The van der Waals surface area contributed by atoms with Gasteiger partial charge in [0.1, 0.15) is 11.6 Å². The lowest BCUT2D eigenvalue weighted by atomic mass is 10.1. The standard InChI is InChI=1S/C18H20FN3O3/c1-25-18-6-5-15(19)11-14(18)13-20-7-9-21(10-8-20)16-3-2-4-17(12-16)22(23)24/h2-6,11-12H,7-10,13H2,1H3. The molecule has 1 saturated heterocycles. The third-order valence-electron chi connectivity index (χ3n) is 4.41. The van der Waals surface area contributed by atoms with Crippen LogP contribution in [0.5, 0.6) is 5.75 Å². The summed E-state index contributed by atoms with van der Waals surface area (Å²) < 4.78 is 18.8. The number of nitro benzene ring substituents is 1. The molecule has 0 saturated carbocycles. The van der Waals surface area contributed by atoms with Crippen LogP contribution in [0.1, 0.15) is 5.56 Å². The van der Waals surface area contributed by atoms with Crippen LogP contribution >= 0.6 is 0 Å². The van der Waals surface area contributed by atoms with Gasteiger partial charge < -0.3 is 9.64 Å². The fourth-order valence-corrected chi connectivity index (χ4v) is 3.08. The van der Waals surface area contributed by atoms with Crippen molar-refractivity contribution >= 4 is 11.4 Å². The fraction of sp³-hybridized carbons (Fsp3) is 0.333. The second-order valence-corrected chi connectivity index (χ2v) is 6.00. The molecule has 0 atom stereocenters. The molecule has 1 aliphatic rings. The number of ether oxygens (including phenoxy) is 1. The van der Waals surface area contributed by atoms with Crippen LogP contribution in [-0.4, -0.2) is 43.1 Å². The van der Waals surface area contributed by atoms with Crippen LogP contribution < -0.4 is 9.64 Å². The quantitative estimate of drug-likeness (QED) is 0.616. The molecule has 7 heteroatoms. The van der Waals surface area contributed by atoms with E-state index >= 15 is 0 Å². The van der Waals surface area contributed by atoms with Gasteiger partial charge in [0.05, 0.1) is 12.0 Å². The van der Waals surface area contributed by atoms with Gasteiger partial charge in [-0.2, -0.15) is 0 Å². The Balaban J connectivity index is 1.63. The Kier molecular flexibility index (Phi) is 5.14. The number of rotatable bonds is 5. The average Bonchev–Trinajstić information content (AvgIpc) is 2.63. The summed E-state index contributed by atoms with van der Waals surface area (Å²) in [5.41, 5.74) is 1.79. The van der Waals surface area contributed by atoms with Crippen molar-refractivity contribution < 1.29 is 14.1 Å². The second kappa shape index (κ2) is 7.48. The van der Waals surface area contributed by atoms with E-state index in [4.69, 9.17) is 4.74 Å². The van der Waals surface area contributed by atoms with Crippen LogP contribution in [0, 0.1) is 15.9 Å². The van der Waals surface area contributed by atoms with Gasteiger partial charge >= 0.3 is 0 Å². The van der Waals surface area contributed by atoms with E-state index in [1.807, 2.05) is 6.07 Å². The summed E-state index contributed by atoms with van der Waals surface area (Å²) in [5.74, 6) is 0.411. The number of nitrogens with zero attached hydrogens (tertiary/aromatic N) is 3. The first-order valence-electron chi connectivity index (χ1n) is 8.11. The Hall–Kier alpha value is -2.67. The summed E-state index contributed by atoms with van der Waals surface area (Å²) >= 11 is 0. The number of hydrogen-bond acceptors (Lipinski definition) is 5. The molecule has 0 radical (unpaired) electrons. The van der Waals surface area contributed by atoms with Gasteiger partial charge in [0.2, 0.25) is 0 Å². The lowest BCUT2D eigenvalue weighted by molar-refractivity contribution is -0.384. The molecule has 1 heterocycles. The highest BCUT2D eigenvalue weighted by molar-refractivity contribution is 5.53. The maximum Gasteiger partial charge on any atom is 0.271 e. The van der Waals surface area contributed by atoms with Crippen LogP contribution in [0.3, 0.4) is 0 Å². The lowest BCUT2D eigenvalue weighted by Crippen LogP contribution is -2.46. The Labute approximate surface area is 145 Å². The van der Waals surface area contributed by atoms with E-state index in [0.29, 0.717) is 12.3 Å². The molecule has 0 bridgehead atoms. The number of piperazine rings is 1. The predicted octanol–water partition coefficient (Wildman–Crippen LogP) is 3.06. The summed E-state index contributed by atoms with van der Waals surface area (Å²) in [5, 5.41) is 10.9. The van der Waals surface area contributed by atoms with Gasteiger partial charge in [0.15, 0.2) is 0 Å². The van der Waals surface area contributed by atoms with E-state index in [1.54, 1.807) is 25.3 Å². The highest BCUT2D eigenvalue weighted by Crippen LogP contribution is 2.24. The highest BCUT2D eigenvalue weighted by atomic mass is 19.1. The monoisotopic (exact) mass is 345 g/mol. The Morgan fingerprint density at radius 1 is 1.16 bits per heavy atom. The van der Waals surface area contributed by atoms with Crippen molar-refractivity contribution in [3.8, 4) is 5.75 Å². The zero-order chi connectivity index (χ0) is 17.8. The summed E-state index contributed by atoms with van der Waals surface area (Å²) in [4.78, 5) is 14.9. The van der Waals surface area contributed by atoms with Crippen molar-refractivity contribution in [1.82, 2.24) is 4.90 Å². The van der Waals surface area contributed by atoms with Crippen LogP contribution in [0.15, 0.2) is 42.5 Å². The van der Waals surface area contributed by atoms with E-state index in [2.05, 4.69) is 9.80 Å². The molecule has 0 aliphatic carbocycles. The molecule has 1 aliphatic heterocycles. The molecule has 1 fully saturated rings. The van der Waals surface area contributed by atoms with Crippen LogP contribution in [0.4, 0.5) is 15.8 Å². The van der Waals surface area contributed by atoms with Gasteiger partial charge in [-0.1, -0.05) is 6.07 Å². The number of benzene rings is 2. The van der Waals surface area contributed by atoms with E-state index in [1.165, 1.54) is 18.2 Å². The SMILES string of the molecule is COc1ccc(F)cc1CN1CCN(c2cccc([N+](=O)[O-])c2)CC1. The van der Waals surface area contributed by atoms with Gasteiger partial charge in [-0.05, 0) is 24.3 Å². The van der Waals surface area contributed by atoms with Gasteiger partial charge in [-0.3, -0.25) is 15.0 Å². The summed E-state index contributed by atoms with van der Waals surface area (Å²) in [6.07, 6.45) is 0.